The number of hydrogen-bond donors (Lipinski definition) is 1. The minimum atomic E-state index is 0.795. The Morgan fingerprint density at radius 2 is 1.82 bits per heavy atom. The summed E-state index contributed by atoms with van der Waals surface area (Å²) in [7, 11) is 2.10. The van der Waals surface area contributed by atoms with E-state index in [1.165, 1.54) is 25.7 Å². The molecule has 0 bridgehead atoms. The minimum absolute atomic E-state index is 0.795. The molecule has 66 valence electrons. The molecule has 1 N–H and O–H groups in total. The highest BCUT2D eigenvalue weighted by molar-refractivity contribution is 4.81. The topological polar surface area (TPSA) is 12.0 Å². The van der Waals surface area contributed by atoms with Gasteiger partial charge >= 0.3 is 0 Å². The lowest BCUT2D eigenvalue weighted by molar-refractivity contribution is 0.214. The van der Waals surface area contributed by atoms with Crippen LogP contribution in [-0.2, 0) is 0 Å². The SMILES string of the molecule is CN[C@H]1CCCC[C@@H]1C(C)C. The highest BCUT2D eigenvalue weighted by atomic mass is 14.9. The van der Waals surface area contributed by atoms with Crippen molar-refractivity contribution < 1.29 is 0 Å². The minimum Gasteiger partial charge on any atom is -0.317 e. The average molecular weight is 155 g/mol. The van der Waals surface area contributed by atoms with Crippen LogP contribution in [0.25, 0.3) is 0 Å². The van der Waals surface area contributed by atoms with Gasteiger partial charge in [0.15, 0.2) is 0 Å². The molecule has 1 fully saturated rings. The summed E-state index contributed by atoms with van der Waals surface area (Å²) in [6.45, 7) is 4.70. The normalized spacial score (nSPS) is 32.7. The second-order valence-electron chi connectivity index (χ2n) is 4.09. The van der Waals surface area contributed by atoms with Gasteiger partial charge < -0.3 is 5.32 Å². The third-order valence-corrected chi connectivity index (χ3v) is 3.05. The first kappa shape index (κ1) is 9.05. The molecule has 1 heteroatoms. The first-order chi connectivity index (χ1) is 5.25. The molecule has 0 spiro atoms. The first-order valence-electron chi connectivity index (χ1n) is 4.93. The predicted octanol–water partition coefficient (Wildman–Crippen LogP) is 2.42. The van der Waals surface area contributed by atoms with Crippen molar-refractivity contribution in [2.75, 3.05) is 7.05 Å². The standard InChI is InChI=1S/C10H21N/c1-8(2)9-6-4-5-7-10(9)11-3/h8-11H,4-7H2,1-3H3/t9-,10+/m1/s1. The fourth-order valence-corrected chi connectivity index (χ4v) is 2.32. The van der Waals surface area contributed by atoms with Crippen molar-refractivity contribution in [1.82, 2.24) is 5.32 Å². The van der Waals surface area contributed by atoms with E-state index in [1.807, 2.05) is 0 Å². The van der Waals surface area contributed by atoms with E-state index < -0.39 is 0 Å². The zero-order chi connectivity index (χ0) is 8.27. The lowest BCUT2D eigenvalue weighted by atomic mass is 9.78. The fourth-order valence-electron chi connectivity index (χ4n) is 2.32. The summed E-state index contributed by atoms with van der Waals surface area (Å²) < 4.78 is 0. The maximum atomic E-state index is 3.44. The number of rotatable bonds is 2. The van der Waals surface area contributed by atoms with Gasteiger partial charge in [-0.1, -0.05) is 26.7 Å². The average Bonchev–Trinajstić information content (AvgIpc) is 2.04. The molecule has 1 aliphatic carbocycles. The summed E-state index contributed by atoms with van der Waals surface area (Å²) in [5.74, 6) is 1.78. The summed E-state index contributed by atoms with van der Waals surface area (Å²) in [5, 5.41) is 3.44. The van der Waals surface area contributed by atoms with E-state index in [4.69, 9.17) is 0 Å². The van der Waals surface area contributed by atoms with Crippen LogP contribution in [0.1, 0.15) is 39.5 Å². The van der Waals surface area contributed by atoms with Gasteiger partial charge in [0, 0.05) is 6.04 Å². The van der Waals surface area contributed by atoms with Crippen molar-refractivity contribution in [3.8, 4) is 0 Å². The molecule has 1 rings (SSSR count). The predicted molar refractivity (Wildman–Crippen MR) is 49.6 cm³/mol. The number of nitrogens with one attached hydrogen (secondary N) is 1. The van der Waals surface area contributed by atoms with Crippen LogP contribution in [0.5, 0.6) is 0 Å². The van der Waals surface area contributed by atoms with Crippen LogP contribution in [0.15, 0.2) is 0 Å². The first-order valence-corrected chi connectivity index (χ1v) is 4.93. The van der Waals surface area contributed by atoms with Crippen molar-refractivity contribution >= 4 is 0 Å². The quantitative estimate of drug-likeness (QED) is 0.645. The zero-order valence-electron chi connectivity index (χ0n) is 8.06. The van der Waals surface area contributed by atoms with Gasteiger partial charge in [-0.2, -0.15) is 0 Å². The molecule has 2 atom stereocenters. The van der Waals surface area contributed by atoms with Crippen LogP contribution < -0.4 is 5.32 Å². The highest BCUT2D eigenvalue weighted by Crippen LogP contribution is 2.29. The van der Waals surface area contributed by atoms with E-state index in [-0.39, 0.29) is 0 Å². The molecular formula is C10H21N. The molecule has 1 aliphatic rings. The van der Waals surface area contributed by atoms with Crippen LogP contribution in [0, 0.1) is 11.8 Å². The van der Waals surface area contributed by atoms with Gasteiger partial charge in [0.2, 0.25) is 0 Å². The monoisotopic (exact) mass is 155 g/mol. The van der Waals surface area contributed by atoms with Gasteiger partial charge in [0.05, 0.1) is 0 Å². The van der Waals surface area contributed by atoms with Gasteiger partial charge in [0.1, 0.15) is 0 Å². The van der Waals surface area contributed by atoms with Crippen molar-refractivity contribution in [1.29, 1.82) is 0 Å². The van der Waals surface area contributed by atoms with Crippen LogP contribution in [0.4, 0.5) is 0 Å². The van der Waals surface area contributed by atoms with Crippen molar-refractivity contribution in [3.63, 3.8) is 0 Å². The second kappa shape index (κ2) is 4.10. The Bertz CT molecular complexity index is 109. The second-order valence-corrected chi connectivity index (χ2v) is 4.09. The lowest BCUT2D eigenvalue weighted by Crippen LogP contribution is -2.38. The maximum Gasteiger partial charge on any atom is 0.00947 e. The Hall–Kier alpha value is -0.0400. The molecular weight excluding hydrogens is 134 g/mol. The van der Waals surface area contributed by atoms with Crippen LogP contribution >= 0.6 is 0 Å². The van der Waals surface area contributed by atoms with E-state index in [9.17, 15) is 0 Å². The van der Waals surface area contributed by atoms with Gasteiger partial charge in [-0.05, 0) is 31.7 Å². The van der Waals surface area contributed by atoms with E-state index >= 15 is 0 Å². The van der Waals surface area contributed by atoms with Gasteiger partial charge in [-0.15, -0.1) is 0 Å². The van der Waals surface area contributed by atoms with Gasteiger partial charge in [-0.3, -0.25) is 0 Å². The maximum absolute atomic E-state index is 3.44. The van der Waals surface area contributed by atoms with Gasteiger partial charge in [0.25, 0.3) is 0 Å². The van der Waals surface area contributed by atoms with E-state index in [0.717, 1.165) is 17.9 Å². The molecule has 0 amide bonds. The third-order valence-electron chi connectivity index (χ3n) is 3.05. The van der Waals surface area contributed by atoms with Crippen LogP contribution in [0.3, 0.4) is 0 Å². The highest BCUT2D eigenvalue weighted by Gasteiger charge is 2.25. The smallest absolute Gasteiger partial charge is 0.00947 e. The third kappa shape index (κ3) is 2.19. The van der Waals surface area contributed by atoms with Crippen molar-refractivity contribution in [2.24, 2.45) is 11.8 Å². The van der Waals surface area contributed by atoms with Gasteiger partial charge in [-0.25, -0.2) is 0 Å². The Kier molecular flexibility index (Phi) is 3.38. The molecule has 0 heterocycles. The zero-order valence-corrected chi connectivity index (χ0v) is 8.06. The molecule has 0 aliphatic heterocycles. The molecule has 1 saturated carbocycles. The molecule has 0 aromatic heterocycles. The summed E-state index contributed by atoms with van der Waals surface area (Å²) in [5.41, 5.74) is 0. The molecule has 0 unspecified atom stereocenters. The van der Waals surface area contributed by atoms with Crippen molar-refractivity contribution in [2.45, 2.75) is 45.6 Å². The Morgan fingerprint density at radius 1 is 1.18 bits per heavy atom. The molecule has 0 aromatic rings. The molecule has 0 radical (unpaired) electrons. The lowest BCUT2D eigenvalue weighted by Gasteiger charge is -2.34. The Balaban J connectivity index is 2.44. The summed E-state index contributed by atoms with van der Waals surface area (Å²) in [4.78, 5) is 0. The van der Waals surface area contributed by atoms with E-state index in [1.54, 1.807) is 0 Å². The largest absolute Gasteiger partial charge is 0.317 e. The summed E-state index contributed by atoms with van der Waals surface area (Å²) in [6, 6.07) is 0.795. The number of hydrogen-bond acceptors (Lipinski definition) is 1. The van der Waals surface area contributed by atoms with Crippen LogP contribution in [0.2, 0.25) is 0 Å². The van der Waals surface area contributed by atoms with Crippen molar-refractivity contribution in [3.05, 3.63) is 0 Å². The summed E-state index contributed by atoms with van der Waals surface area (Å²) >= 11 is 0. The van der Waals surface area contributed by atoms with Crippen LogP contribution in [-0.4, -0.2) is 13.1 Å². The fraction of sp³-hybridized carbons (Fsp3) is 1.00. The molecule has 1 nitrogen and oxygen atoms in total. The van der Waals surface area contributed by atoms with E-state index in [2.05, 4.69) is 26.2 Å². The molecule has 0 aromatic carbocycles. The Labute approximate surface area is 70.6 Å². The molecule has 11 heavy (non-hydrogen) atoms. The Morgan fingerprint density at radius 3 is 2.27 bits per heavy atom. The molecule has 0 saturated heterocycles. The van der Waals surface area contributed by atoms with E-state index in [0.29, 0.717) is 0 Å². The summed E-state index contributed by atoms with van der Waals surface area (Å²) in [6.07, 6.45) is 5.69.